The predicted molar refractivity (Wildman–Crippen MR) is 95.1 cm³/mol. The van der Waals surface area contributed by atoms with Crippen LogP contribution in [-0.4, -0.2) is 37.8 Å². The Labute approximate surface area is 151 Å². The van der Waals surface area contributed by atoms with E-state index in [0.717, 1.165) is 25.0 Å². The Morgan fingerprint density at radius 2 is 2.08 bits per heavy atom. The van der Waals surface area contributed by atoms with Gasteiger partial charge in [0.1, 0.15) is 24.5 Å². The van der Waals surface area contributed by atoms with Gasteiger partial charge in [0.05, 0.1) is 6.04 Å². The maximum Gasteiger partial charge on any atom is 0.251 e. The second kappa shape index (κ2) is 7.35. The van der Waals surface area contributed by atoms with Gasteiger partial charge in [-0.15, -0.1) is 0 Å². The Morgan fingerprint density at radius 1 is 1.19 bits per heavy atom. The highest BCUT2D eigenvalue weighted by molar-refractivity contribution is 5.94. The average Bonchev–Trinajstić information content (AvgIpc) is 3.35. The summed E-state index contributed by atoms with van der Waals surface area (Å²) in [7, 11) is 0. The van der Waals surface area contributed by atoms with Gasteiger partial charge in [-0.05, 0) is 43.5 Å². The first kappa shape index (κ1) is 16.3. The summed E-state index contributed by atoms with van der Waals surface area (Å²) < 4.78 is 7.58. The Morgan fingerprint density at radius 3 is 2.88 bits per heavy atom. The molecule has 2 aromatic heterocycles. The molecule has 0 saturated heterocycles. The molecular weight excluding hydrogens is 330 g/mol. The van der Waals surface area contributed by atoms with Crippen LogP contribution in [0.2, 0.25) is 0 Å². The maximum absolute atomic E-state index is 12.7. The Balaban J connectivity index is 1.45. The second-order valence-corrected chi connectivity index (χ2v) is 6.22. The summed E-state index contributed by atoms with van der Waals surface area (Å²) in [6, 6.07) is 13.1. The number of para-hydroxylation sites is 1. The number of benzene rings is 1. The van der Waals surface area contributed by atoms with Crippen LogP contribution in [0.25, 0.3) is 5.82 Å². The van der Waals surface area contributed by atoms with Gasteiger partial charge in [-0.1, -0.05) is 18.2 Å². The van der Waals surface area contributed by atoms with E-state index in [4.69, 9.17) is 4.74 Å². The van der Waals surface area contributed by atoms with Crippen molar-refractivity contribution in [2.45, 2.75) is 31.4 Å². The zero-order valence-corrected chi connectivity index (χ0v) is 14.2. The smallest absolute Gasteiger partial charge is 0.251 e. The van der Waals surface area contributed by atoms with Gasteiger partial charge < -0.3 is 10.1 Å². The summed E-state index contributed by atoms with van der Waals surface area (Å²) in [6.07, 6.45) is 7.42. The van der Waals surface area contributed by atoms with Crippen molar-refractivity contribution < 1.29 is 9.53 Å². The van der Waals surface area contributed by atoms with E-state index in [1.165, 1.54) is 11.0 Å². The van der Waals surface area contributed by atoms with Crippen molar-refractivity contribution in [2.24, 2.45) is 0 Å². The van der Waals surface area contributed by atoms with Crippen LogP contribution >= 0.6 is 0 Å². The number of aromatic nitrogens is 4. The fourth-order valence-corrected chi connectivity index (χ4v) is 3.17. The number of hydrogen-bond donors (Lipinski definition) is 1. The molecule has 1 saturated carbocycles. The minimum absolute atomic E-state index is 0.00862. The third-order valence-corrected chi connectivity index (χ3v) is 4.46. The topological polar surface area (TPSA) is 81.9 Å². The molecule has 1 amide bonds. The van der Waals surface area contributed by atoms with Crippen LogP contribution in [0.5, 0.6) is 5.75 Å². The number of ether oxygens (including phenoxy) is 1. The average molecular weight is 349 g/mol. The SMILES string of the molecule is O=C(N[C@H]1CCC[C@H]1Oc1ccccc1)c1ccnc(-n2cncn2)c1. The summed E-state index contributed by atoms with van der Waals surface area (Å²) in [5.74, 6) is 1.25. The number of pyridine rings is 1. The molecule has 1 N–H and O–H groups in total. The van der Waals surface area contributed by atoms with E-state index in [1.54, 1.807) is 24.7 Å². The third kappa shape index (κ3) is 3.56. The molecule has 3 aromatic rings. The molecule has 1 aliphatic rings. The predicted octanol–water partition coefficient (Wildman–Crippen LogP) is 2.39. The molecule has 0 spiro atoms. The van der Waals surface area contributed by atoms with Crippen molar-refractivity contribution in [2.75, 3.05) is 0 Å². The molecule has 1 aliphatic carbocycles. The third-order valence-electron chi connectivity index (χ3n) is 4.46. The molecule has 1 aromatic carbocycles. The molecule has 7 heteroatoms. The first-order chi connectivity index (χ1) is 12.8. The number of amides is 1. The van der Waals surface area contributed by atoms with E-state index < -0.39 is 0 Å². The molecule has 4 rings (SSSR count). The molecule has 132 valence electrons. The highest BCUT2D eigenvalue weighted by atomic mass is 16.5. The number of hydrogen-bond acceptors (Lipinski definition) is 5. The molecule has 26 heavy (non-hydrogen) atoms. The van der Waals surface area contributed by atoms with Crippen LogP contribution in [-0.2, 0) is 0 Å². The van der Waals surface area contributed by atoms with Gasteiger partial charge in [-0.25, -0.2) is 14.6 Å². The normalized spacial score (nSPS) is 19.2. The van der Waals surface area contributed by atoms with E-state index in [0.29, 0.717) is 11.4 Å². The van der Waals surface area contributed by atoms with Crippen LogP contribution in [0.4, 0.5) is 0 Å². The van der Waals surface area contributed by atoms with Gasteiger partial charge in [-0.2, -0.15) is 5.10 Å². The zero-order chi connectivity index (χ0) is 17.8. The lowest BCUT2D eigenvalue weighted by Gasteiger charge is -2.22. The van der Waals surface area contributed by atoms with E-state index in [2.05, 4.69) is 20.4 Å². The van der Waals surface area contributed by atoms with Crippen molar-refractivity contribution in [3.05, 3.63) is 66.9 Å². The van der Waals surface area contributed by atoms with Crippen LogP contribution in [0.1, 0.15) is 29.6 Å². The fourth-order valence-electron chi connectivity index (χ4n) is 3.17. The molecule has 0 bridgehead atoms. The minimum Gasteiger partial charge on any atom is -0.488 e. The summed E-state index contributed by atoms with van der Waals surface area (Å²) in [6.45, 7) is 0. The summed E-state index contributed by atoms with van der Waals surface area (Å²) in [5.41, 5.74) is 0.538. The van der Waals surface area contributed by atoms with Gasteiger partial charge in [0.2, 0.25) is 0 Å². The summed E-state index contributed by atoms with van der Waals surface area (Å²) in [4.78, 5) is 20.8. The van der Waals surface area contributed by atoms with Crippen molar-refractivity contribution in [1.29, 1.82) is 0 Å². The van der Waals surface area contributed by atoms with E-state index in [1.807, 2.05) is 30.3 Å². The minimum atomic E-state index is -0.137. The van der Waals surface area contributed by atoms with Crippen molar-refractivity contribution >= 4 is 5.91 Å². The van der Waals surface area contributed by atoms with E-state index in [9.17, 15) is 4.79 Å². The van der Waals surface area contributed by atoms with Crippen LogP contribution in [0, 0.1) is 0 Å². The molecule has 7 nitrogen and oxygen atoms in total. The van der Waals surface area contributed by atoms with Crippen LogP contribution in [0.3, 0.4) is 0 Å². The van der Waals surface area contributed by atoms with Gasteiger partial charge >= 0.3 is 0 Å². The van der Waals surface area contributed by atoms with Crippen molar-refractivity contribution in [3.8, 4) is 11.6 Å². The molecule has 0 aliphatic heterocycles. The zero-order valence-electron chi connectivity index (χ0n) is 14.2. The van der Waals surface area contributed by atoms with E-state index in [-0.39, 0.29) is 18.1 Å². The van der Waals surface area contributed by atoms with Gasteiger partial charge in [0, 0.05) is 11.8 Å². The standard InChI is InChI=1S/C19H19N5O2/c25-19(14-9-10-21-18(11-14)24-13-20-12-22-24)23-16-7-4-8-17(16)26-15-5-2-1-3-6-15/h1-3,5-6,9-13,16-17H,4,7-8H2,(H,23,25)/t16-,17+/m0/s1. The number of carbonyl (C=O) groups is 1. The van der Waals surface area contributed by atoms with E-state index >= 15 is 0 Å². The monoisotopic (exact) mass is 349 g/mol. The van der Waals surface area contributed by atoms with Crippen LogP contribution in [0.15, 0.2) is 61.3 Å². The van der Waals surface area contributed by atoms with Crippen molar-refractivity contribution in [1.82, 2.24) is 25.1 Å². The number of nitrogens with zero attached hydrogens (tertiary/aromatic N) is 4. The van der Waals surface area contributed by atoms with Crippen molar-refractivity contribution in [3.63, 3.8) is 0 Å². The lowest BCUT2D eigenvalue weighted by Crippen LogP contribution is -2.42. The molecule has 0 radical (unpaired) electrons. The van der Waals surface area contributed by atoms with Gasteiger partial charge in [0.25, 0.3) is 5.91 Å². The Kier molecular flexibility index (Phi) is 4.59. The second-order valence-electron chi connectivity index (χ2n) is 6.22. The molecule has 2 heterocycles. The Hall–Kier alpha value is -3.22. The highest BCUT2D eigenvalue weighted by Crippen LogP contribution is 2.25. The summed E-state index contributed by atoms with van der Waals surface area (Å²) >= 11 is 0. The molecule has 0 unspecified atom stereocenters. The number of rotatable bonds is 5. The van der Waals surface area contributed by atoms with Gasteiger partial charge in [0.15, 0.2) is 5.82 Å². The maximum atomic E-state index is 12.7. The quantitative estimate of drug-likeness (QED) is 0.765. The number of nitrogens with one attached hydrogen (secondary N) is 1. The Bertz CT molecular complexity index is 867. The van der Waals surface area contributed by atoms with Gasteiger partial charge in [-0.3, -0.25) is 4.79 Å². The van der Waals surface area contributed by atoms with Crippen LogP contribution < -0.4 is 10.1 Å². The first-order valence-electron chi connectivity index (χ1n) is 8.63. The lowest BCUT2D eigenvalue weighted by molar-refractivity contribution is 0.0894. The molecule has 1 fully saturated rings. The number of carbonyl (C=O) groups excluding carboxylic acids is 1. The highest BCUT2D eigenvalue weighted by Gasteiger charge is 2.30. The fraction of sp³-hybridized carbons (Fsp3) is 0.263. The first-order valence-corrected chi connectivity index (χ1v) is 8.63. The largest absolute Gasteiger partial charge is 0.488 e. The molecular formula is C19H19N5O2. The lowest BCUT2D eigenvalue weighted by atomic mass is 10.1. The molecule has 2 atom stereocenters. The summed E-state index contributed by atoms with van der Waals surface area (Å²) in [5, 5.41) is 7.14.